The third kappa shape index (κ3) is 2.64. The number of halogens is 2. The van der Waals surface area contributed by atoms with Gasteiger partial charge in [-0.1, -0.05) is 0 Å². The van der Waals surface area contributed by atoms with Crippen molar-refractivity contribution in [3.63, 3.8) is 0 Å². The van der Waals surface area contributed by atoms with Crippen LogP contribution in [0.1, 0.15) is 17.0 Å². The van der Waals surface area contributed by atoms with Gasteiger partial charge in [-0.2, -0.15) is 0 Å². The predicted molar refractivity (Wildman–Crippen MR) is 63.3 cm³/mol. The SMILES string of the molecule is Cc1[nH]c(C)c(CN)c(=O)c1N.Cl.Cl. The molecule has 0 aliphatic rings. The van der Waals surface area contributed by atoms with Crippen LogP contribution in [0.25, 0.3) is 0 Å². The van der Waals surface area contributed by atoms with Gasteiger partial charge in [0.1, 0.15) is 0 Å². The molecule has 82 valence electrons. The third-order valence-electron chi connectivity index (χ3n) is 1.95. The van der Waals surface area contributed by atoms with Crippen LogP contribution in [0.15, 0.2) is 4.79 Å². The van der Waals surface area contributed by atoms with Crippen molar-refractivity contribution in [2.75, 3.05) is 5.73 Å². The smallest absolute Gasteiger partial charge is 0.209 e. The number of hydrogen-bond acceptors (Lipinski definition) is 3. The molecule has 0 aliphatic heterocycles. The Kier molecular flexibility index (Phi) is 6.64. The van der Waals surface area contributed by atoms with E-state index in [9.17, 15) is 4.79 Å². The monoisotopic (exact) mass is 239 g/mol. The molecule has 0 saturated heterocycles. The van der Waals surface area contributed by atoms with Gasteiger partial charge in [-0.05, 0) is 13.8 Å². The number of hydrogen-bond donors (Lipinski definition) is 3. The topological polar surface area (TPSA) is 84.9 Å². The maximum absolute atomic E-state index is 11.4. The minimum Gasteiger partial charge on any atom is -0.394 e. The summed E-state index contributed by atoms with van der Waals surface area (Å²) >= 11 is 0. The number of aromatic amines is 1. The highest BCUT2D eigenvalue weighted by Gasteiger charge is 2.07. The number of H-pyrrole nitrogens is 1. The van der Waals surface area contributed by atoms with Gasteiger partial charge >= 0.3 is 0 Å². The fourth-order valence-corrected chi connectivity index (χ4v) is 1.17. The summed E-state index contributed by atoms with van der Waals surface area (Å²) in [5.41, 5.74) is 13.1. The minimum absolute atomic E-state index is 0. The molecule has 1 aromatic rings. The van der Waals surface area contributed by atoms with Crippen molar-refractivity contribution in [1.29, 1.82) is 0 Å². The number of nitrogens with one attached hydrogen (secondary N) is 1. The first-order valence-corrected chi connectivity index (χ1v) is 3.75. The van der Waals surface area contributed by atoms with E-state index in [1.807, 2.05) is 6.92 Å². The van der Waals surface area contributed by atoms with Gasteiger partial charge in [0, 0.05) is 23.5 Å². The molecule has 0 bridgehead atoms. The van der Waals surface area contributed by atoms with Crippen LogP contribution in [0.5, 0.6) is 0 Å². The number of rotatable bonds is 1. The molecule has 0 saturated carbocycles. The van der Waals surface area contributed by atoms with E-state index < -0.39 is 0 Å². The quantitative estimate of drug-likeness (QED) is 0.681. The average Bonchev–Trinajstić information content (AvgIpc) is 2.01. The summed E-state index contributed by atoms with van der Waals surface area (Å²) in [4.78, 5) is 14.4. The molecule has 0 amide bonds. The third-order valence-corrected chi connectivity index (χ3v) is 1.95. The summed E-state index contributed by atoms with van der Waals surface area (Å²) in [7, 11) is 0. The molecule has 6 heteroatoms. The average molecular weight is 240 g/mol. The zero-order valence-electron chi connectivity index (χ0n) is 8.09. The number of aryl methyl sites for hydroxylation is 2. The lowest BCUT2D eigenvalue weighted by Crippen LogP contribution is -2.20. The van der Waals surface area contributed by atoms with Crippen LogP contribution in [-0.4, -0.2) is 4.98 Å². The van der Waals surface area contributed by atoms with Crippen LogP contribution in [-0.2, 0) is 6.54 Å². The number of nitrogens with two attached hydrogens (primary N) is 2. The van der Waals surface area contributed by atoms with Crippen LogP contribution >= 0.6 is 24.8 Å². The summed E-state index contributed by atoms with van der Waals surface area (Å²) in [6.45, 7) is 3.81. The summed E-state index contributed by atoms with van der Waals surface area (Å²) in [5, 5.41) is 0. The van der Waals surface area contributed by atoms with Crippen LogP contribution in [0.2, 0.25) is 0 Å². The van der Waals surface area contributed by atoms with Crippen molar-refractivity contribution in [3.8, 4) is 0 Å². The normalized spacial score (nSPS) is 8.79. The van der Waals surface area contributed by atoms with Crippen molar-refractivity contribution in [2.24, 2.45) is 5.73 Å². The van der Waals surface area contributed by atoms with Gasteiger partial charge in [-0.25, -0.2) is 0 Å². The lowest BCUT2D eigenvalue weighted by Gasteiger charge is -2.06. The molecule has 0 atom stereocenters. The summed E-state index contributed by atoms with van der Waals surface area (Å²) in [6.07, 6.45) is 0. The fraction of sp³-hybridized carbons (Fsp3) is 0.375. The molecule has 14 heavy (non-hydrogen) atoms. The molecule has 1 rings (SSSR count). The predicted octanol–water partition coefficient (Wildman–Crippen LogP) is 0.876. The van der Waals surface area contributed by atoms with E-state index in [0.29, 0.717) is 11.3 Å². The van der Waals surface area contributed by atoms with E-state index >= 15 is 0 Å². The maximum atomic E-state index is 11.4. The molecule has 0 radical (unpaired) electrons. The Morgan fingerprint density at radius 2 is 1.71 bits per heavy atom. The van der Waals surface area contributed by atoms with E-state index in [-0.39, 0.29) is 42.5 Å². The zero-order valence-corrected chi connectivity index (χ0v) is 9.72. The summed E-state index contributed by atoms with van der Waals surface area (Å²) in [6, 6.07) is 0. The summed E-state index contributed by atoms with van der Waals surface area (Å²) < 4.78 is 0. The molecule has 0 spiro atoms. The van der Waals surface area contributed by atoms with Crippen LogP contribution < -0.4 is 16.9 Å². The lowest BCUT2D eigenvalue weighted by molar-refractivity contribution is 0.976. The lowest BCUT2D eigenvalue weighted by atomic mass is 10.1. The highest BCUT2D eigenvalue weighted by molar-refractivity contribution is 5.85. The van der Waals surface area contributed by atoms with Crippen LogP contribution in [0.3, 0.4) is 0 Å². The van der Waals surface area contributed by atoms with Gasteiger partial charge in [-0.15, -0.1) is 24.8 Å². The Bertz CT molecular complexity index is 362. The van der Waals surface area contributed by atoms with Gasteiger partial charge in [-0.3, -0.25) is 4.79 Å². The Hall–Kier alpha value is -0.710. The first-order valence-electron chi connectivity index (χ1n) is 3.75. The number of pyridine rings is 1. The summed E-state index contributed by atoms with van der Waals surface area (Å²) in [5.74, 6) is 0. The second kappa shape index (κ2) is 5.90. The Morgan fingerprint density at radius 1 is 1.21 bits per heavy atom. The number of aromatic nitrogens is 1. The highest BCUT2D eigenvalue weighted by Crippen LogP contribution is 2.06. The largest absolute Gasteiger partial charge is 0.394 e. The molecular formula is C8H15Cl2N3O. The molecule has 0 aliphatic carbocycles. The van der Waals surface area contributed by atoms with E-state index in [2.05, 4.69) is 4.98 Å². The fourth-order valence-electron chi connectivity index (χ4n) is 1.17. The van der Waals surface area contributed by atoms with E-state index in [0.717, 1.165) is 5.69 Å². The zero-order chi connectivity index (χ0) is 9.30. The van der Waals surface area contributed by atoms with Crippen molar-refractivity contribution in [3.05, 3.63) is 27.2 Å². The van der Waals surface area contributed by atoms with Gasteiger partial charge in [0.05, 0.1) is 5.69 Å². The molecule has 4 nitrogen and oxygen atoms in total. The molecule has 1 heterocycles. The molecule has 0 aromatic carbocycles. The standard InChI is InChI=1S/C8H13N3O.2ClH/c1-4-6(3-9)8(12)7(10)5(2)11-4;;/h3,9-10H2,1-2H3,(H,11,12);2*1H. The first-order chi connectivity index (χ1) is 5.57. The van der Waals surface area contributed by atoms with E-state index in [4.69, 9.17) is 11.5 Å². The van der Waals surface area contributed by atoms with Crippen molar-refractivity contribution in [2.45, 2.75) is 20.4 Å². The van der Waals surface area contributed by atoms with Crippen molar-refractivity contribution < 1.29 is 0 Å². The van der Waals surface area contributed by atoms with Crippen LogP contribution in [0.4, 0.5) is 5.69 Å². The molecule has 0 unspecified atom stereocenters. The van der Waals surface area contributed by atoms with Gasteiger partial charge < -0.3 is 16.5 Å². The van der Waals surface area contributed by atoms with Crippen LogP contribution in [0, 0.1) is 13.8 Å². The van der Waals surface area contributed by atoms with E-state index in [1.54, 1.807) is 6.92 Å². The first kappa shape index (κ1) is 15.7. The minimum atomic E-state index is -0.147. The van der Waals surface area contributed by atoms with E-state index in [1.165, 1.54) is 0 Å². The van der Waals surface area contributed by atoms with Gasteiger partial charge in [0.2, 0.25) is 5.43 Å². The molecule has 0 fully saturated rings. The molecule has 1 aromatic heterocycles. The second-order valence-corrected chi connectivity index (χ2v) is 2.80. The van der Waals surface area contributed by atoms with Crippen molar-refractivity contribution in [1.82, 2.24) is 4.98 Å². The van der Waals surface area contributed by atoms with Crippen molar-refractivity contribution >= 4 is 30.5 Å². The number of anilines is 1. The van der Waals surface area contributed by atoms with Gasteiger partial charge in [0.15, 0.2) is 0 Å². The molecular weight excluding hydrogens is 225 g/mol. The second-order valence-electron chi connectivity index (χ2n) is 2.80. The molecule has 5 N–H and O–H groups in total. The number of nitrogen functional groups attached to an aromatic ring is 1. The Labute approximate surface area is 94.9 Å². The van der Waals surface area contributed by atoms with Gasteiger partial charge in [0.25, 0.3) is 0 Å². The Balaban J connectivity index is 0. The highest BCUT2D eigenvalue weighted by atomic mass is 35.5. The Morgan fingerprint density at radius 3 is 2.14 bits per heavy atom. The maximum Gasteiger partial charge on any atom is 0.209 e.